The molecule has 3 N–H and O–H groups in total. The van der Waals surface area contributed by atoms with Crippen LogP contribution in [0.15, 0.2) is 0 Å². The average Bonchev–Trinajstić information content (AvgIpc) is 2.35. The Morgan fingerprint density at radius 3 is 2.50 bits per heavy atom. The van der Waals surface area contributed by atoms with Crippen molar-refractivity contribution in [2.75, 3.05) is 19.6 Å². The van der Waals surface area contributed by atoms with E-state index in [1.165, 1.54) is 6.42 Å². The molecule has 0 aromatic heterocycles. The molecule has 1 saturated heterocycles. The Balaban J connectivity index is 2.24. The first-order chi connectivity index (χ1) is 8.63. The van der Waals surface area contributed by atoms with Crippen LogP contribution >= 0.6 is 0 Å². The van der Waals surface area contributed by atoms with Crippen LogP contribution < -0.4 is 10.7 Å². The number of carboxylic acid groups (broad SMARTS) is 1. The highest BCUT2D eigenvalue weighted by Crippen LogP contribution is 2.06. The molecular weight excluding hydrogens is 234 g/mol. The third-order valence-corrected chi connectivity index (χ3v) is 3.11. The van der Waals surface area contributed by atoms with Gasteiger partial charge in [0.05, 0.1) is 5.92 Å². The van der Waals surface area contributed by atoms with Crippen LogP contribution in [0.3, 0.4) is 0 Å². The Hall–Kier alpha value is -1.30. The number of rotatable bonds is 6. The van der Waals surface area contributed by atoms with Crippen molar-refractivity contribution >= 4 is 12.0 Å². The van der Waals surface area contributed by atoms with E-state index in [1.54, 1.807) is 0 Å². The van der Waals surface area contributed by atoms with Crippen molar-refractivity contribution in [2.24, 2.45) is 5.92 Å². The second-order valence-corrected chi connectivity index (χ2v) is 4.69. The van der Waals surface area contributed by atoms with Gasteiger partial charge in [-0.3, -0.25) is 10.2 Å². The van der Waals surface area contributed by atoms with Crippen LogP contribution in [0.25, 0.3) is 0 Å². The number of carboxylic acids is 1. The topological polar surface area (TPSA) is 81.7 Å². The van der Waals surface area contributed by atoms with Gasteiger partial charge in [0.2, 0.25) is 0 Å². The van der Waals surface area contributed by atoms with Gasteiger partial charge in [0.1, 0.15) is 0 Å². The lowest BCUT2D eigenvalue weighted by atomic mass is 10.0. The van der Waals surface area contributed by atoms with Crippen LogP contribution in [-0.4, -0.2) is 41.8 Å². The fraction of sp³-hybridized carbons (Fsp3) is 0.833. The standard InChI is InChI=1S/C12H23N3O3/c1-2-6-10(11(16)17)9-13-12(18)14-15-7-4-3-5-8-15/h10H,2-9H2,1H3,(H,16,17)(H2,13,14,18). The maximum atomic E-state index is 11.6. The van der Waals surface area contributed by atoms with E-state index in [0.717, 1.165) is 32.4 Å². The molecule has 104 valence electrons. The van der Waals surface area contributed by atoms with Crippen LogP contribution in [0.2, 0.25) is 0 Å². The zero-order valence-electron chi connectivity index (χ0n) is 10.9. The molecule has 0 radical (unpaired) electrons. The first kappa shape index (κ1) is 14.8. The van der Waals surface area contributed by atoms with Crippen molar-refractivity contribution in [3.8, 4) is 0 Å². The van der Waals surface area contributed by atoms with Gasteiger partial charge in [-0.2, -0.15) is 0 Å². The maximum absolute atomic E-state index is 11.6. The summed E-state index contributed by atoms with van der Waals surface area (Å²) in [6, 6.07) is -0.306. The summed E-state index contributed by atoms with van der Waals surface area (Å²) in [6.45, 7) is 3.85. The number of hydrogen-bond donors (Lipinski definition) is 3. The lowest BCUT2D eigenvalue weighted by molar-refractivity contribution is -0.141. The first-order valence-electron chi connectivity index (χ1n) is 6.65. The molecule has 1 unspecified atom stereocenters. The van der Waals surface area contributed by atoms with Crippen LogP contribution in [-0.2, 0) is 4.79 Å². The summed E-state index contributed by atoms with van der Waals surface area (Å²) >= 11 is 0. The zero-order valence-corrected chi connectivity index (χ0v) is 10.9. The number of nitrogens with zero attached hydrogens (tertiary/aromatic N) is 1. The molecule has 0 aromatic rings. The summed E-state index contributed by atoms with van der Waals surface area (Å²) < 4.78 is 0. The van der Waals surface area contributed by atoms with Crippen LogP contribution in [0, 0.1) is 5.92 Å². The van der Waals surface area contributed by atoms with E-state index >= 15 is 0 Å². The predicted octanol–water partition coefficient (Wildman–Crippen LogP) is 1.19. The number of nitrogens with one attached hydrogen (secondary N) is 2. The summed E-state index contributed by atoms with van der Waals surface area (Å²) in [5.74, 6) is -1.35. The molecule has 0 bridgehead atoms. The van der Waals surface area contributed by atoms with Crippen molar-refractivity contribution in [1.29, 1.82) is 0 Å². The van der Waals surface area contributed by atoms with E-state index in [-0.39, 0.29) is 12.6 Å². The highest BCUT2D eigenvalue weighted by atomic mass is 16.4. The summed E-state index contributed by atoms with van der Waals surface area (Å²) in [5.41, 5.74) is 2.75. The summed E-state index contributed by atoms with van der Waals surface area (Å²) in [7, 11) is 0. The normalized spacial score (nSPS) is 18.1. The molecule has 1 fully saturated rings. The summed E-state index contributed by atoms with van der Waals surface area (Å²) in [5, 5.41) is 13.5. The third-order valence-electron chi connectivity index (χ3n) is 3.11. The molecule has 18 heavy (non-hydrogen) atoms. The minimum Gasteiger partial charge on any atom is -0.481 e. The Labute approximate surface area is 108 Å². The molecule has 1 rings (SSSR count). The van der Waals surface area contributed by atoms with Crippen molar-refractivity contribution in [3.05, 3.63) is 0 Å². The van der Waals surface area contributed by atoms with Gasteiger partial charge in [-0.05, 0) is 19.3 Å². The lowest BCUT2D eigenvalue weighted by Gasteiger charge is -2.27. The summed E-state index contributed by atoms with van der Waals surface area (Å²) in [4.78, 5) is 22.5. The van der Waals surface area contributed by atoms with Gasteiger partial charge in [0.25, 0.3) is 0 Å². The SMILES string of the molecule is CCCC(CNC(=O)NN1CCCCC1)C(=O)O. The molecule has 6 heteroatoms. The fourth-order valence-electron chi connectivity index (χ4n) is 2.07. The molecule has 0 aromatic carbocycles. The van der Waals surface area contributed by atoms with Gasteiger partial charge in [0, 0.05) is 19.6 Å². The van der Waals surface area contributed by atoms with Gasteiger partial charge in [-0.1, -0.05) is 19.8 Å². The van der Waals surface area contributed by atoms with Crippen LogP contribution in [0.1, 0.15) is 39.0 Å². The first-order valence-corrected chi connectivity index (χ1v) is 6.65. The Bertz CT molecular complexity index is 278. The number of carbonyl (C=O) groups is 2. The predicted molar refractivity (Wildman–Crippen MR) is 68.0 cm³/mol. The Morgan fingerprint density at radius 2 is 1.94 bits per heavy atom. The van der Waals surface area contributed by atoms with Gasteiger partial charge in [0.15, 0.2) is 0 Å². The van der Waals surface area contributed by atoms with Crippen LogP contribution in [0.5, 0.6) is 0 Å². The summed E-state index contributed by atoms with van der Waals surface area (Å²) in [6.07, 6.45) is 4.77. The number of urea groups is 1. The zero-order chi connectivity index (χ0) is 13.4. The number of hydrazine groups is 1. The van der Waals surface area contributed by atoms with Crippen LogP contribution in [0.4, 0.5) is 4.79 Å². The minimum absolute atomic E-state index is 0.183. The molecule has 1 heterocycles. The second kappa shape index (κ2) is 7.92. The number of carbonyl (C=O) groups excluding carboxylic acids is 1. The van der Waals surface area contributed by atoms with Gasteiger partial charge < -0.3 is 10.4 Å². The lowest BCUT2D eigenvalue weighted by Crippen LogP contribution is -2.50. The highest BCUT2D eigenvalue weighted by molar-refractivity contribution is 5.75. The molecule has 1 aliphatic rings. The molecular formula is C12H23N3O3. The molecule has 1 aliphatic heterocycles. The van der Waals surface area contributed by atoms with E-state index in [0.29, 0.717) is 6.42 Å². The molecule has 0 saturated carbocycles. The quantitative estimate of drug-likeness (QED) is 0.667. The highest BCUT2D eigenvalue weighted by Gasteiger charge is 2.18. The number of amides is 2. The van der Waals surface area contributed by atoms with Gasteiger partial charge in [-0.25, -0.2) is 9.80 Å². The maximum Gasteiger partial charge on any atom is 0.329 e. The van der Waals surface area contributed by atoms with Crippen molar-refractivity contribution < 1.29 is 14.7 Å². The van der Waals surface area contributed by atoms with Crippen molar-refractivity contribution in [2.45, 2.75) is 39.0 Å². The van der Waals surface area contributed by atoms with Crippen molar-refractivity contribution in [1.82, 2.24) is 15.8 Å². The van der Waals surface area contributed by atoms with Gasteiger partial charge >= 0.3 is 12.0 Å². The molecule has 0 spiro atoms. The third kappa shape index (κ3) is 5.35. The number of aliphatic carboxylic acids is 1. The molecule has 2 amide bonds. The number of piperidine rings is 1. The molecule has 6 nitrogen and oxygen atoms in total. The molecule has 1 atom stereocenters. The van der Waals surface area contributed by atoms with E-state index in [1.807, 2.05) is 11.9 Å². The number of hydrogen-bond acceptors (Lipinski definition) is 3. The smallest absolute Gasteiger partial charge is 0.329 e. The van der Waals surface area contributed by atoms with E-state index in [9.17, 15) is 9.59 Å². The van der Waals surface area contributed by atoms with E-state index < -0.39 is 11.9 Å². The Kier molecular flexibility index (Phi) is 6.49. The Morgan fingerprint density at radius 1 is 1.28 bits per heavy atom. The van der Waals surface area contributed by atoms with E-state index in [4.69, 9.17) is 5.11 Å². The van der Waals surface area contributed by atoms with Crippen molar-refractivity contribution in [3.63, 3.8) is 0 Å². The largest absolute Gasteiger partial charge is 0.481 e. The second-order valence-electron chi connectivity index (χ2n) is 4.69. The molecule has 0 aliphatic carbocycles. The average molecular weight is 257 g/mol. The van der Waals surface area contributed by atoms with Gasteiger partial charge in [-0.15, -0.1) is 0 Å². The monoisotopic (exact) mass is 257 g/mol. The fourth-order valence-corrected chi connectivity index (χ4v) is 2.07. The van der Waals surface area contributed by atoms with E-state index in [2.05, 4.69) is 10.7 Å². The minimum atomic E-state index is -0.852.